The third-order valence-electron chi connectivity index (χ3n) is 2.83. The quantitative estimate of drug-likeness (QED) is 0.246. The lowest BCUT2D eigenvalue weighted by atomic mass is 10.2. The van der Waals surface area contributed by atoms with Crippen LogP contribution in [0.5, 0.6) is 0 Å². The predicted molar refractivity (Wildman–Crippen MR) is 88.4 cm³/mol. The summed E-state index contributed by atoms with van der Waals surface area (Å²) in [5.41, 5.74) is 4.17. The van der Waals surface area contributed by atoms with E-state index in [1.165, 1.54) is 13.0 Å². The minimum absolute atomic E-state index is 0.0815. The fourth-order valence-electron chi connectivity index (χ4n) is 1.58. The molecule has 0 spiro atoms. The molecule has 0 saturated heterocycles. The lowest BCUT2D eigenvalue weighted by molar-refractivity contribution is -0.132. The van der Waals surface area contributed by atoms with Crippen molar-refractivity contribution in [3.63, 3.8) is 0 Å². The number of nitrogens with two attached hydrogens (primary N) is 1. The van der Waals surface area contributed by atoms with Crippen LogP contribution in [0, 0.1) is 0 Å². The fourth-order valence-corrected chi connectivity index (χ4v) is 2.15. The van der Waals surface area contributed by atoms with Gasteiger partial charge in [0.05, 0.1) is 0 Å². The Morgan fingerprint density at radius 2 is 1.84 bits per heavy atom. The Kier molecular flexibility index (Phi) is 6.89. The molecule has 0 atom stereocenters. The van der Waals surface area contributed by atoms with Crippen molar-refractivity contribution >= 4 is 35.0 Å². The molecule has 1 aromatic rings. The van der Waals surface area contributed by atoms with Gasteiger partial charge in [-0.15, -0.1) is 0 Å². The van der Waals surface area contributed by atoms with Crippen LogP contribution in [-0.4, -0.2) is 23.1 Å². The molecule has 10 heteroatoms. The number of amidine groups is 1. The maximum Gasteiger partial charge on any atom is 0.448 e. The van der Waals surface area contributed by atoms with Gasteiger partial charge < -0.3 is 15.6 Å². The monoisotopic (exact) mass is 396 g/mol. The summed E-state index contributed by atoms with van der Waals surface area (Å²) in [6.45, 7) is 4.60. The Morgan fingerprint density at radius 3 is 2.28 bits per heavy atom. The number of halogens is 5. The lowest BCUT2D eigenvalue weighted by Gasteiger charge is -2.12. The zero-order valence-corrected chi connectivity index (χ0v) is 14.3. The van der Waals surface area contributed by atoms with Gasteiger partial charge in [0.15, 0.2) is 5.70 Å². The van der Waals surface area contributed by atoms with Crippen molar-refractivity contribution in [2.75, 3.05) is 0 Å². The summed E-state index contributed by atoms with van der Waals surface area (Å²) in [6, 6.07) is 4.61. The van der Waals surface area contributed by atoms with Gasteiger partial charge >= 0.3 is 12.1 Å². The number of allylic oxidation sites excluding steroid dienone is 1. The fraction of sp³-hybridized carbons (Fsp3) is 0.200. The molecule has 0 aliphatic heterocycles. The molecule has 0 fully saturated rings. The highest BCUT2D eigenvalue weighted by molar-refractivity contribution is 6.34. The number of carboxylic acid groups (broad SMARTS) is 1. The Balaban J connectivity index is 3.03. The molecule has 0 bridgehead atoms. The van der Waals surface area contributed by atoms with Gasteiger partial charge in [0.2, 0.25) is 5.84 Å². The number of ether oxygens (including phenoxy) is 1. The van der Waals surface area contributed by atoms with E-state index in [0.29, 0.717) is 15.6 Å². The van der Waals surface area contributed by atoms with E-state index >= 15 is 0 Å². The highest BCUT2D eigenvalue weighted by Crippen LogP contribution is 2.23. The van der Waals surface area contributed by atoms with Crippen LogP contribution in [0.25, 0.3) is 0 Å². The Bertz CT molecular complexity index is 739. The van der Waals surface area contributed by atoms with Gasteiger partial charge in [-0.1, -0.05) is 29.8 Å². The van der Waals surface area contributed by atoms with E-state index in [-0.39, 0.29) is 17.9 Å². The first-order valence-electron chi connectivity index (χ1n) is 6.54. The van der Waals surface area contributed by atoms with Gasteiger partial charge in [-0.25, -0.2) is 9.79 Å². The zero-order chi connectivity index (χ0) is 19.4. The van der Waals surface area contributed by atoms with Crippen molar-refractivity contribution in [2.45, 2.75) is 19.7 Å². The Hall–Kier alpha value is -2.19. The number of nitrogens with zero attached hydrogens (tertiary/aromatic N) is 1. The first-order valence-corrected chi connectivity index (χ1v) is 7.30. The number of carboxylic acids is 1. The summed E-state index contributed by atoms with van der Waals surface area (Å²) < 4.78 is 42.6. The molecule has 1 aromatic carbocycles. The molecule has 0 saturated carbocycles. The molecule has 136 valence electrons. The van der Waals surface area contributed by atoms with Gasteiger partial charge in [0.1, 0.15) is 12.4 Å². The molecule has 0 aliphatic rings. The maximum atomic E-state index is 12.4. The minimum Gasteiger partial charge on any atom is -0.489 e. The summed E-state index contributed by atoms with van der Waals surface area (Å²) in [5.74, 6) is -3.69. The van der Waals surface area contributed by atoms with Crippen molar-refractivity contribution in [1.82, 2.24) is 0 Å². The average Bonchev–Trinajstić information content (AvgIpc) is 2.47. The Morgan fingerprint density at radius 1 is 1.32 bits per heavy atom. The first kappa shape index (κ1) is 20.9. The Labute approximate surface area is 151 Å². The largest absolute Gasteiger partial charge is 0.489 e. The van der Waals surface area contributed by atoms with Crippen LogP contribution < -0.4 is 5.73 Å². The van der Waals surface area contributed by atoms with E-state index < -0.39 is 23.7 Å². The topological polar surface area (TPSA) is 84.9 Å². The van der Waals surface area contributed by atoms with E-state index in [2.05, 4.69) is 11.6 Å². The van der Waals surface area contributed by atoms with Gasteiger partial charge in [-0.3, -0.25) is 0 Å². The number of rotatable bonds is 6. The molecule has 5 nitrogen and oxygen atoms in total. The second kappa shape index (κ2) is 8.26. The highest BCUT2D eigenvalue weighted by Gasteiger charge is 2.34. The summed E-state index contributed by atoms with van der Waals surface area (Å²) >= 11 is 11.7. The number of carbonyl (C=O) groups is 1. The van der Waals surface area contributed by atoms with Crippen LogP contribution in [0.4, 0.5) is 13.2 Å². The number of hydrogen-bond acceptors (Lipinski definition) is 3. The van der Waals surface area contributed by atoms with Crippen LogP contribution in [0.15, 0.2) is 46.8 Å². The predicted octanol–water partition coefficient (Wildman–Crippen LogP) is 4.30. The van der Waals surface area contributed by atoms with Crippen LogP contribution in [-0.2, 0) is 16.1 Å². The number of aliphatic imine (C=N–C) groups is 1. The number of aliphatic carboxylic acids is 1. The van der Waals surface area contributed by atoms with Crippen molar-refractivity contribution in [3.05, 3.63) is 57.4 Å². The van der Waals surface area contributed by atoms with E-state index in [4.69, 9.17) is 38.8 Å². The number of benzene rings is 1. The number of alkyl halides is 3. The molecular weight excluding hydrogens is 384 g/mol. The SMILES string of the molecule is C=C(OCc1cc(Cl)cc(Cl)c1)/C(C)=C(\N=C(/N)C(F)(F)F)C(=O)O. The molecule has 1 rings (SSSR count). The molecule has 0 amide bonds. The van der Waals surface area contributed by atoms with Crippen LogP contribution >= 0.6 is 23.2 Å². The standard InChI is InChI=1S/C15H13Cl2F3N2O3/c1-7(12(13(23)24)22-14(21)15(18,19)20)8(2)25-6-9-3-10(16)5-11(17)4-9/h3-5H,2,6H2,1H3,(H2,21,22)(H,23,24)/b12-7-. The second-order valence-corrected chi connectivity index (χ2v) is 5.64. The minimum atomic E-state index is -4.96. The molecule has 3 N–H and O–H groups in total. The summed E-state index contributed by atoms with van der Waals surface area (Å²) in [6.07, 6.45) is -4.96. The molecule has 0 aliphatic carbocycles. The normalized spacial score (nSPS) is 13.3. The van der Waals surface area contributed by atoms with E-state index in [0.717, 1.165) is 0 Å². The third kappa shape index (κ3) is 6.32. The molecular formula is C15H13Cl2F3N2O3. The zero-order valence-electron chi connectivity index (χ0n) is 12.8. The first-order chi connectivity index (χ1) is 11.4. The summed E-state index contributed by atoms with van der Waals surface area (Å²) in [4.78, 5) is 14.1. The van der Waals surface area contributed by atoms with Gasteiger partial charge in [0.25, 0.3) is 0 Å². The number of hydrogen-bond donors (Lipinski definition) is 2. The van der Waals surface area contributed by atoms with Gasteiger partial charge in [-0.2, -0.15) is 13.2 Å². The van der Waals surface area contributed by atoms with Crippen molar-refractivity contribution < 1.29 is 27.8 Å². The highest BCUT2D eigenvalue weighted by atomic mass is 35.5. The smallest absolute Gasteiger partial charge is 0.448 e. The van der Waals surface area contributed by atoms with Crippen molar-refractivity contribution in [2.24, 2.45) is 10.7 Å². The molecule has 0 radical (unpaired) electrons. The van der Waals surface area contributed by atoms with Crippen LogP contribution in [0.3, 0.4) is 0 Å². The molecule has 0 aromatic heterocycles. The second-order valence-electron chi connectivity index (χ2n) is 4.76. The van der Waals surface area contributed by atoms with E-state index in [1.807, 2.05) is 0 Å². The molecule has 0 unspecified atom stereocenters. The summed E-state index contributed by atoms with van der Waals surface area (Å²) in [5, 5.41) is 9.76. The average molecular weight is 397 g/mol. The molecule has 0 heterocycles. The van der Waals surface area contributed by atoms with Gasteiger partial charge in [-0.05, 0) is 30.7 Å². The lowest BCUT2D eigenvalue weighted by Crippen LogP contribution is -2.32. The molecule has 25 heavy (non-hydrogen) atoms. The third-order valence-corrected chi connectivity index (χ3v) is 3.27. The maximum absolute atomic E-state index is 12.4. The van der Waals surface area contributed by atoms with Crippen molar-refractivity contribution in [1.29, 1.82) is 0 Å². The van der Waals surface area contributed by atoms with Crippen LogP contribution in [0.1, 0.15) is 12.5 Å². The van der Waals surface area contributed by atoms with E-state index in [9.17, 15) is 18.0 Å². The van der Waals surface area contributed by atoms with E-state index in [1.54, 1.807) is 12.1 Å². The summed E-state index contributed by atoms with van der Waals surface area (Å²) in [7, 11) is 0. The van der Waals surface area contributed by atoms with Crippen LogP contribution in [0.2, 0.25) is 10.0 Å². The van der Waals surface area contributed by atoms with Crippen molar-refractivity contribution in [3.8, 4) is 0 Å². The van der Waals surface area contributed by atoms with Gasteiger partial charge in [0, 0.05) is 15.6 Å².